The number of carbonyl (C=O) groups is 1. The standard InChI is InChI=1S/C34H49FO3/c1-22(2)7-6-8-23(3)29-15-16-30-28-14-9-24-21-27(38-32(36)37-26-12-10-25(35)11-13-26)17-19-33(24,4)31(28)18-20-34(29,30)5/h9-13,22-23,27-31H,6-8,14-21H2,1-5H3/t23-,27-,28+,29+,30-,31+,33-,34+/m0/s1. The quantitative estimate of drug-likeness (QED) is 0.202. The molecule has 4 aliphatic rings. The van der Waals surface area contributed by atoms with Gasteiger partial charge in [-0.3, -0.25) is 0 Å². The van der Waals surface area contributed by atoms with Crippen molar-refractivity contribution in [2.75, 3.05) is 0 Å². The van der Waals surface area contributed by atoms with Gasteiger partial charge in [0.2, 0.25) is 0 Å². The highest BCUT2D eigenvalue weighted by molar-refractivity contribution is 5.64. The fraction of sp³-hybridized carbons (Fsp3) is 0.735. The summed E-state index contributed by atoms with van der Waals surface area (Å²) in [4.78, 5) is 12.4. The first-order valence-corrected chi connectivity index (χ1v) is 15.4. The Balaban J connectivity index is 1.21. The van der Waals surface area contributed by atoms with Crippen molar-refractivity contribution in [3.8, 4) is 5.75 Å². The van der Waals surface area contributed by atoms with Gasteiger partial charge in [0.15, 0.2) is 0 Å². The molecule has 0 radical (unpaired) electrons. The van der Waals surface area contributed by atoms with E-state index in [2.05, 4.69) is 40.7 Å². The van der Waals surface area contributed by atoms with Crippen LogP contribution in [0.5, 0.6) is 5.75 Å². The molecule has 0 N–H and O–H groups in total. The summed E-state index contributed by atoms with van der Waals surface area (Å²) in [5, 5.41) is 0. The van der Waals surface area contributed by atoms with Crippen LogP contribution in [0.3, 0.4) is 0 Å². The van der Waals surface area contributed by atoms with Gasteiger partial charge in [0.1, 0.15) is 17.7 Å². The highest BCUT2D eigenvalue weighted by atomic mass is 19.1. The molecule has 210 valence electrons. The molecule has 0 saturated heterocycles. The Kier molecular flexibility index (Phi) is 8.00. The Morgan fingerprint density at radius 1 is 1.00 bits per heavy atom. The third-order valence-electron chi connectivity index (χ3n) is 11.5. The van der Waals surface area contributed by atoms with Crippen LogP contribution in [-0.2, 0) is 4.74 Å². The van der Waals surface area contributed by atoms with Crippen molar-refractivity contribution in [1.82, 2.24) is 0 Å². The number of ether oxygens (including phenoxy) is 2. The number of rotatable bonds is 7. The van der Waals surface area contributed by atoms with Crippen LogP contribution in [-0.4, -0.2) is 12.3 Å². The molecule has 8 atom stereocenters. The summed E-state index contributed by atoms with van der Waals surface area (Å²) in [6.07, 6.45) is 15.4. The zero-order chi connectivity index (χ0) is 27.1. The third kappa shape index (κ3) is 5.30. The average Bonchev–Trinajstić information content (AvgIpc) is 3.23. The molecule has 1 aromatic carbocycles. The van der Waals surface area contributed by atoms with E-state index in [-0.39, 0.29) is 17.3 Å². The van der Waals surface area contributed by atoms with Crippen molar-refractivity contribution < 1.29 is 18.7 Å². The minimum absolute atomic E-state index is 0.143. The van der Waals surface area contributed by atoms with Gasteiger partial charge in [0.25, 0.3) is 0 Å². The van der Waals surface area contributed by atoms with E-state index in [1.54, 1.807) is 0 Å². The molecule has 0 heterocycles. The van der Waals surface area contributed by atoms with Crippen LogP contribution in [0.4, 0.5) is 9.18 Å². The van der Waals surface area contributed by atoms with E-state index >= 15 is 0 Å². The molecular formula is C34H49FO3. The van der Waals surface area contributed by atoms with Gasteiger partial charge in [0, 0.05) is 6.42 Å². The second-order valence-electron chi connectivity index (χ2n) is 14.1. The first-order chi connectivity index (χ1) is 18.1. The smallest absolute Gasteiger partial charge is 0.430 e. The predicted octanol–water partition coefficient (Wildman–Crippen LogP) is 9.75. The summed E-state index contributed by atoms with van der Waals surface area (Å²) in [6.45, 7) is 12.4. The van der Waals surface area contributed by atoms with Crippen LogP contribution in [0.15, 0.2) is 35.9 Å². The van der Waals surface area contributed by atoms with Crippen LogP contribution in [0, 0.1) is 52.2 Å². The number of carbonyl (C=O) groups excluding carboxylic acids is 1. The lowest BCUT2D eigenvalue weighted by Gasteiger charge is -2.58. The third-order valence-corrected chi connectivity index (χ3v) is 11.5. The summed E-state index contributed by atoms with van der Waals surface area (Å²) in [7, 11) is 0. The number of fused-ring (bicyclic) bond motifs is 5. The van der Waals surface area contributed by atoms with Crippen molar-refractivity contribution in [1.29, 1.82) is 0 Å². The maximum absolute atomic E-state index is 13.1. The lowest BCUT2D eigenvalue weighted by Crippen LogP contribution is -2.51. The maximum atomic E-state index is 13.1. The number of allylic oxidation sites excluding steroid dienone is 1. The molecule has 0 spiro atoms. The molecule has 5 rings (SSSR count). The van der Waals surface area contributed by atoms with E-state index in [0.29, 0.717) is 11.2 Å². The molecule has 3 nitrogen and oxygen atoms in total. The van der Waals surface area contributed by atoms with E-state index in [1.165, 1.54) is 81.2 Å². The van der Waals surface area contributed by atoms with E-state index < -0.39 is 6.16 Å². The van der Waals surface area contributed by atoms with E-state index in [9.17, 15) is 9.18 Å². The molecular weight excluding hydrogens is 475 g/mol. The molecule has 3 saturated carbocycles. The number of benzene rings is 1. The first-order valence-electron chi connectivity index (χ1n) is 15.4. The Morgan fingerprint density at radius 2 is 1.76 bits per heavy atom. The van der Waals surface area contributed by atoms with Gasteiger partial charge >= 0.3 is 6.16 Å². The fourth-order valence-electron chi connectivity index (χ4n) is 9.51. The van der Waals surface area contributed by atoms with Gasteiger partial charge in [-0.05, 0) is 116 Å². The number of hydrogen-bond acceptors (Lipinski definition) is 3. The molecule has 38 heavy (non-hydrogen) atoms. The highest BCUT2D eigenvalue weighted by Crippen LogP contribution is 2.67. The molecule has 3 fully saturated rings. The lowest BCUT2D eigenvalue weighted by molar-refractivity contribution is -0.0597. The maximum Gasteiger partial charge on any atom is 0.514 e. The molecule has 0 aliphatic heterocycles. The minimum Gasteiger partial charge on any atom is -0.430 e. The van der Waals surface area contributed by atoms with Gasteiger partial charge in [-0.15, -0.1) is 0 Å². The van der Waals surface area contributed by atoms with Gasteiger partial charge in [-0.1, -0.05) is 65.5 Å². The largest absolute Gasteiger partial charge is 0.514 e. The van der Waals surface area contributed by atoms with Crippen LogP contribution in [0.25, 0.3) is 0 Å². The van der Waals surface area contributed by atoms with Crippen molar-refractivity contribution in [3.63, 3.8) is 0 Å². The Bertz CT molecular complexity index is 1020. The summed E-state index contributed by atoms with van der Waals surface area (Å²) in [5.41, 5.74) is 2.24. The van der Waals surface area contributed by atoms with Crippen LogP contribution >= 0.6 is 0 Å². The highest BCUT2D eigenvalue weighted by Gasteiger charge is 2.59. The molecule has 4 aliphatic carbocycles. The van der Waals surface area contributed by atoms with Gasteiger partial charge in [-0.2, -0.15) is 0 Å². The monoisotopic (exact) mass is 524 g/mol. The lowest BCUT2D eigenvalue weighted by atomic mass is 9.47. The minimum atomic E-state index is -0.688. The van der Waals surface area contributed by atoms with Crippen molar-refractivity contribution in [2.24, 2.45) is 46.3 Å². The summed E-state index contributed by atoms with van der Waals surface area (Å²) in [6, 6.07) is 5.48. The second-order valence-corrected chi connectivity index (χ2v) is 14.1. The average molecular weight is 525 g/mol. The van der Waals surface area contributed by atoms with E-state index in [0.717, 1.165) is 54.8 Å². The van der Waals surface area contributed by atoms with Crippen LogP contribution in [0.2, 0.25) is 0 Å². The van der Waals surface area contributed by atoms with Gasteiger partial charge in [-0.25, -0.2) is 9.18 Å². The van der Waals surface area contributed by atoms with E-state index in [1.807, 2.05) is 0 Å². The summed E-state index contributed by atoms with van der Waals surface area (Å²) >= 11 is 0. The number of halogens is 1. The zero-order valence-electron chi connectivity index (χ0n) is 24.3. The van der Waals surface area contributed by atoms with Gasteiger partial charge < -0.3 is 9.47 Å². The van der Waals surface area contributed by atoms with Gasteiger partial charge in [0.05, 0.1) is 0 Å². The van der Waals surface area contributed by atoms with Crippen molar-refractivity contribution >= 4 is 6.16 Å². The summed E-state index contributed by atoms with van der Waals surface area (Å²) < 4.78 is 24.2. The molecule has 0 amide bonds. The summed E-state index contributed by atoms with van der Waals surface area (Å²) in [5.74, 6) is 4.91. The molecule has 0 unspecified atom stereocenters. The topological polar surface area (TPSA) is 35.5 Å². The Morgan fingerprint density at radius 3 is 2.50 bits per heavy atom. The Labute approximate surface area is 229 Å². The van der Waals surface area contributed by atoms with Crippen LogP contribution < -0.4 is 4.74 Å². The normalized spacial score (nSPS) is 37.0. The van der Waals surface area contributed by atoms with Crippen LogP contribution in [0.1, 0.15) is 105 Å². The predicted molar refractivity (Wildman–Crippen MR) is 150 cm³/mol. The van der Waals surface area contributed by atoms with Crippen molar-refractivity contribution in [2.45, 2.75) is 111 Å². The fourth-order valence-corrected chi connectivity index (χ4v) is 9.51. The Hall–Kier alpha value is -1.84. The SMILES string of the molecule is CC(C)CCC[C@H](C)[C@H]1CC[C@H]2[C@H]3CC=C4C[C@@H](OC(=O)Oc5ccc(F)cc5)CC[C@]4(C)[C@@H]3CC[C@]12C. The molecule has 0 aromatic heterocycles. The van der Waals surface area contributed by atoms with E-state index in [4.69, 9.17) is 9.47 Å². The zero-order valence-corrected chi connectivity index (χ0v) is 24.3. The first kappa shape index (κ1) is 27.7. The number of hydrogen-bond donors (Lipinski definition) is 0. The second kappa shape index (κ2) is 11.0. The molecule has 0 bridgehead atoms. The molecule has 4 heteroatoms. The molecule has 1 aromatic rings. The van der Waals surface area contributed by atoms with Crippen molar-refractivity contribution in [3.05, 3.63) is 41.7 Å².